The quantitative estimate of drug-likeness (QED) is 0.255. The van der Waals surface area contributed by atoms with Gasteiger partial charge in [0.05, 0.1) is 16.9 Å². The van der Waals surface area contributed by atoms with Crippen LogP contribution in [0.3, 0.4) is 0 Å². The highest BCUT2D eigenvalue weighted by Crippen LogP contribution is 2.28. The number of carbonyl (C=O) groups excluding carboxylic acids is 1. The maximum atomic E-state index is 12.8. The number of non-ortho nitro benzene ring substituents is 1. The minimum absolute atomic E-state index is 0.0943. The number of nitrogens with one attached hydrogen (secondary N) is 1. The van der Waals surface area contributed by atoms with E-state index < -0.39 is 27.4 Å². The van der Waals surface area contributed by atoms with Gasteiger partial charge in [-0.15, -0.1) is 11.8 Å². The number of anilines is 2. The molecule has 0 radical (unpaired) electrons. The first kappa shape index (κ1) is 25.3. The molecule has 1 N–H and O–H groups in total. The van der Waals surface area contributed by atoms with Crippen molar-refractivity contribution in [2.75, 3.05) is 22.4 Å². The molecular weight excluding hydrogens is 474 g/mol. The lowest BCUT2D eigenvalue weighted by molar-refractivity contribution is -0.384. The molecule has 3 aromatic rings. The predicted octanol–water partition coefficient (Wildman–Crippen LogP) is 4.91. The fourth-order valence-electron chi connectivity index (χ4n) is 3.32. The molecule has 3 aromatic carbocycles. The molecule has 8 nitrogen and oxygen atoms in total. The third-order valence-corrected chi connectivity index (χ3v) is 7.28. The summed E-state index contributed by atoms with van der Waals surface area (Å²) >= 11 is 1.71. The number of hydrogen-bond donors (Lipinski definition) is 1. The second-order valence-corrected chi connectivity index (χ2v) is 10.8. The summed E-state index contributed by atoms with van der Waals surface area (Å²) < 4.78 is 25.7. The van der Waals surface area contributed by atoms with Crippen LogP contribution >= 0.6 is 11.8 Å². The lowest BCUT2D eigenvalue weighted by Gasteiger charge is -2.23. The standard InChI is InChI=1S/C24H25N3O5S2/c1-17-9-11-20(27(29)30)14-23(17)26(34(3,31)32)15-24(28)25-22-12-10-19(13-18(22)2)16-33-21-7-5-4-6-8-21/h4-14H,15-16H2,1-3H3,(H,25,28). The zero-order chi connectivity index (χ0) is 24.9. The van der Waals surface area contributed by atoms with Gasteiger partial charge in [-0.25, -0.2) is 8.42 Å². The molecule has 0 heterocycles. The van der Waals surface area contributed by atoms with E-state index in [4.69, 9.17) is 0 Å². The monoisotopic (exact) mass is 499 g/mol. The summed E-state index contributed by atoms with van der Waals surface area (Å²) in [5.41, 5.74) is 2.85. The molecule has 0 spiro atoms. The van der Waals surface area contributed by atoms with Gasteiger partial charge in [-0.05, 0) is 48.7 Å². The number of amides is 1. The Morgan fingerprint density at radius 3 is 2.35 bits per heavy atom. The minimum atomic E-state index is -3.87. The van der Waals surface area contributed by atoms with E-state index in [0.717, 1.165) is 38.4 Å². The molecule has 0 saturated carbocycles. The minimum Gasteiger partial charge on any atom is -0.324 e. The summed E-state index contributed by atoms with van der Waals surface area (Å²) in [6, 6.07) is 19.6. The summed E-state index contributed by atoms with van der Waals surface area (Å²) in [6.45, 7) is 2.99. The fraction of sp³-hybridized carbons (Fsp3) is 0.208. The molecule has 0 bridgehead atoms. The van der Waals surface area contributed by atoms with Crippen molar-refractivity contribution < 1.29 is 18.1 Å². The average molecular weight is 500 g/mol. The number of nitro groups is 1. The lowest BCUT2D eigenvalue weighted by atomic mass is 10.1. The van der Waals surface area contributed by atoms with Crippen LogP contribution < -0.4 is 9.62 Å². The Labute approximate surface area is 203 Å². The molecule has 3 rings (SSSR count). The molecule has 0 atom stereocenters. The van der Waals surface area contributed by atoms with Crippen molar-refractivity contribution in [3.8, 4) is 0 Å². The third-order valence-electron chi connectivity index (χ3n) is 5.07. The van der Waals surface area contributed by atoms with Crippen LogP contribution in [0, 0.1) is 24.0 Å². The van der Waals surface area contributed by atoms with Crippen LogP contribution in [-0.4, -0.2) is 32.0 Å². The van der Waals surface area contributed by atoms with Crippen LogP contribution in [0.4, 0.5) is 17.1 Å². The summed E-state index contributed by atoms with van der Waals surface area (Å²) in [5.74, 6) is 0.221. The molecule has 1 amide bonds. The number of hydrogen-bond acceptors (Lipinski definition) is 6. The van der Waals surface area contributed by atoms with Crippen molar-refractivity contribution in [2.45, 2.75) is 24.5 Å². The van der Waals surface area contributed by atoms with Crippen LogP contribution in [-0.2, 0) is 20.6 Å². The van der Waals surface area contributed by atoms with Crippen LogP contribution in [0.5, 0.6) is 0 Å². The molecule has 10 heteroatoms. The van der Waals surface area contributed by atoms with Gasteiger partial charge in [0.1, 0.15) is 6.54 Å². The van der Waals surface area contributed by atoms with E-state index in [0.29, 0.717) is 11.3 Å². The van der Waals surface area contributed by atoms with Gasteiger partial charge in [0, 0.05) is 28.5 Å². The third kappa shape index (κ3) is 6.58. The first-order valence-electron chi connectivity index (χ1n) is 10.3. The zero-order valence-corrected chi connectivity index (χ0v) is 20.7. The summed E-state index contributed by atoms with van der Waals surface area (Å²) in [5, 5.41) is 13.9. The molecular formula is C24H25N3O5S2. The first-order valence-corrected chi connectivity index (χ1v) is 13.2. The van der Waals surface area contributed by atoms with Crippen LogP contribution in [0.25, 0.3) is 0 Å². The van der Waals surface area contributed by atoms with Crippen molar-refractivity contribution in [1.82, 2.24) is 0 Å². The number of nitro benzene ring substituents is 1. The number of rotatable bonds is 9. The first-order chi connectivity index (χ1) is 16.0. The van der Waals surface area contributed by atoms with Crippen molar-refractivity contribution in [3.63, 3.8) is 0 Å². The van der Waals surface area contributed by atoms with Crippen molar-refractivity contribution in [1.29, 1.82) is 0 Å². The molecule has 0 aliphatic carbocycles. The predicted molar refractivity (Wildman–Crippen MR) is 136 cm³/mol. The van der Waals surface area contributed by atoms with Gasteiger partial charge in [0.2, 0.25) is 15.9 Å². The second kappa shape index (κ2) is 10.7. The molecule has 178 valence electrons. The highest BCUT2D eigenvalue weighted by Gasteiger charge is 2.24. The highest BCUT2D eigenvalue weighted by atomic mass is 32.2. The molecule has 34 heavy (non-hydrogen) atoms. The maximum Gasteiger partial charge on any atom is 0.271 e. The SMILES string of the molecule is Cc1cc(CSc2ccccc2)ccc1NC(=O)CN(c1cc([N+](=O)[O-])ccc1C)S(C)(=O)=O. The molecule has 0 saturated heterocycles. The Balaban J connectivity index is 1.74. The van der Waals surface area contributed by atoms with E-state index in [2.05, 4.69) is 5.32 Å². The topological polar surface area (TPSA) is 110 Å². The Morgan fingerprint density at radius 1 is 1.03 bits per heavy atom. The van der Waals surface area contributed by atoms with E-state index in [1.54, 1.807) is 24.8 Å². The van der Waals surface area contributed by atoms with Gasteiger partial charge < -0.3 is 5.32 Å². The van der Waals surface area contributed by atoms with E-state index >= 15 is 0 Å². The largest absolute Gasteiger partial charge is 0.324 e. The molecule has 0 aliphatic heterocycles. The lowest BCUT2D eigenvalue weighted by Crippen LogP contribution is -2.38. The van der Waals surface area contributed by atoms with E-state index in [1.165, 1.54) is 12.1 Å². The number of aryl methyl sites for hydroxylation is 2. The van der Waals surface area contributed by atoms with Crippen LogP contribution in [0.1, 0.15) is 16.7 Å². The second-order valence-electron chi connectivity index (χ2n) is 7.80. The van der Waals surface area contributed by atoms with Gasteiger partial charge in [0.15, 0.2) is 0 Å². The highest BCUT2D eigenvalue weighted by molar-refractivity contribution is 7.98. The van der Waals surface area contributed by atoms with Crippen molar-refractivity contribution >= 4 is 44.8 Å². The molecule has 0 aromatic heterocycles. The van der Waals surface area contributed by atoms with Gasteiger partial charge >= 0.3 is 0 Å². The molecule has 0 unspecified atom stereocenters. The van der Waals surface area contributed by atoms with Gasteiger partial charge in [-0.2, -0.15) is 0 Å². The number of benzene rings is 3. The Kier molecular flexibility index (Phi) is 7.95. The smallest absolute Gasteiger partial charge is 0.271 e. The summed E-state index contributed by atoms with van der Waals surface area (Å²) in [7, 11) is -3.87. The average Bonchev–Trinajstić information content (AvgIpc) is 2.78. The normalized spacial score (nSPS) is 11.1. The fourth-order valence-corrected chi connectivity index (χ4v) is 5.09. The molecule has 0 aliphatic rings. The van der Waals surface area contributed by atoms with Gasteiger partial charge in [-0.1, -0.05) is 36.4 Å². The van der Waals surface area contributed by atoms with Gasteiger partial charge in [-0.3, -0.25) is 19.2 Å². The van der Waals surface area contributed by atoms with E-state index in [1.807, 2.05) is 49.4 Å². The van der Waals surface area contributed by atoms with Crippen molar-refractivity contribution in [2.24, 2.45) is 0 Å². The number of carbonyl (C=O) groups is 1. The van der Waals surface area contributed by atoms with Crippen molar-refractivity contribution in [3.05, 3.63) is 93.5 Å². The maximum absolute atomic E-state index is 12.8. The number of sulfonamides is 1. The van der Waals surface area contributed by atoms with Gasteiger partial charge in [0.25, 0.3) is 5.69 Å². The zero-order valence-electron chi connectivity index (χ0n) is 19.0. The van der Waals surface area contributed by atoms with E-state index in [9.17, 15) is 23.3 Å². The summed E-state index contributed by atoms with van der Waals surface area (Å²) in [6.07, 6.45) is 0.961. The number of thioether (sulfide) groups is 1. The summed E-state index contributed by atoms with van der Waals surface area (Å²) in [4.78, 5) is 24.5. The van der Waals surface area contributed by atoms with E-state index in [-0.39, 0.29) is 11.4 Å². The Bertz CT molecular complexity index is 1310. The van der Waals surface area contributed by atoms with Crippen LogP contribution in [0.2, 0.25) is 0 Å². The Morgan fingerprint density at radius 2 is 1.74 bits per heavy atom. The van der Waals surface area contributed by atoms with Crippen LogP contribution in [0.15, 0.2) is 71.6 Å². The molecule has 0 fully saturated rings. The Hall–Kier alpha value is -3.37. The number of nitrogens with zero attached hydrogens (tertiary/aromatic N) is 2.